The van der Waals surface area contributed by atoms with Crippen LogP contribution in [0.1, 0.15) is 16.4 Å². The van der Waals surface area contributed by atoms with E-state index < -0.39 is 16.9 Å². The molecule has 7 heteroatoms. The number of rotatable bonds is 7. The molecule has 0 aliphatic carbocycles. The minimum absolute atomic E-state index is 0.141. The Bertz CT molecular complexity index is 450. The van der Waals surface area contributed by atoms with E-state index in [1.807, 2.05) is 31.2 Å². The van der Waals surface area contributed by atoms with E-state index >= 15 is 0 Å². The van der Waals surface area contributed by atoms with Crippen molar-refractivity contribution in [2.45, 2.75) is 18.2 Å². The second kappa shape index (κ2) is 7.10. The van der Waals surface area contributed by atoms with Crippen LogP contribution in [0.3, 0.4) is 0 Å². The SMILES string of the molecule is Cc1ccc(C(C[N+](=O)[O-])SCC(N)C(=O)O)cc1. The number of carboxylic acid groups (broad SMARTS) is 1. The van der Waals surface area contributed by atoms with Gasteiger partial charge >= 0.3 is 5.97 Å². The Balaban J connectivity index is 2.74. The van der Waals surface area contributed by atoms with Crippen molar-refractivity contribution in [3.05, 3.63) is 45.5 Å². The first-order chi connectivity index (χ1) is 8.90. The van der Waals surface area contributed by atoms with Crippen LogP contribution in [0.5, 0.6) is 0 Å². The summed E-state index contributed by atoms with van der Waals surface area (Å²) in [7, 11) is 0. The lowest BCUT2D eigenvalue weighted by Crippen LogP contribution is -2.33. The molecule has 2 atom stereocenters. The van der Waals surface area contributed by atoms with Gasteiger partial charge in [-0.05, 0) is 12.5 Å². The Morgan fingerprint density at radius 3 is 2.53 bits per heavy atom. The zero-order valence-electron chi connectivity index (χ0n) is 10.5. The molecule has 0 bridgehead atoms. The molecule has 0 heterocycles. The van der Waals surface area contributed by atoms with Crippen molar-refractivity contribution in [3.63, 3.8) is 0 Å². The Morgan fingerprint density at radius 2 is 2.05 bits per heavy atom. The molecule has 1 rings (SSSR count). The topological polar surface area (TPSA) is 106 Å². The molecule has 0 amide bonds. The second-order valence-corrected chi connectivity index (χ2v) is 5.43. The molecule has 1 aromatic rings. The smallest absolute Gasteiger partial charge is 0.321 e. The normalized spacial score (nSPS) is 13.8. The Morgan fingerprint density at radius 1 is 1.47 bits per heavy atom. The van der Waals surface area contributed by atoms with Crippen molar-refractivity contribution in [1.82, 2.24) is 0 Å². The van der Waals surface area contributed by atoms with Gasteiger partial charge in [-0.15, -0.1) is 11.8 Å². The van der Waals surface area contributed by atoms with Gasteiger partial charge in [0.1, 0.15) is 6.04 Å². The molecule has 0 fully saturated rings. The van der Waals surface area contributed by atoms with Gasteiger partial charge in [0.05, 0.1) is 5.25 Å². The number of aliphatic carboxylic acids is 1. The standard InChI is InChI=1S/C12H16N2O4S/c1-8-2-4-9(5-3-8)11(6-14(17)18)19-7-10(13)12(15)16/h2-5,10-11H,6-7,13H2,1H3,(H,15,16). The molecule has 1 aromatic carbocycles. The van der Waals surface area contributed by atoms with Crippen LogP contribution in [0.25, 0.3) is 0 Å². The largest absolute Gasteiger partial charge is 0.480 e. The molecular formula is C12H16N2O4S. The van der Waals surface area contributed by atoms with Gasteiger partial charge in [0.2, 0.25) is 6.54 Å². The number of thioether (sulfide) groups is 1. The predicted molar refractivity (Wildman–Crippen MR) is 73.9 cm³/mol. The highest BCUT2D eigenvalue weighted by Crippen LogP contribution is 2.29. The maximum atomic E-state index is 10.7. The highest BCUT2D eigenvalue weighted by atomic mass is 32.2. The Labute approximate surface area is 115 Å². The van der Waals surface area contributed by atoms with Crippen LogP contribution in [-0.2, 0) is 4.79 Å². The molecule has 0 saturated carbocycles. The lowest BCUT2D eigenvalue weighted by atomic mass is 10.1. The number of nitro groups is 1. The average molecular weight is 284 g/mol. The van der Waals surface area contributed by atoms with Crippen molar-refractivity contribution in [1.29, 1.82) is 0 Å². The van der Waals surface area contributed by atoms with Gasteiger partial charge in [0.15, 0.2) is 0 Å². The molecule has 0 aliphatic rings. The first-order valence-electron chi connectivity index (χ1n) is 5.68. The van der Waals surface area contributed by atoms with Crippen LogP contribution in [0.15, 0.2) is 24.3 Å². The van der Waals surface area contributed by atoms with E-state index in [-0.39, 0.29) is 17.5 Å². The number of carboxylic acids is 1. The fraction of sp³-hybridized carbons (Fsp3) is 0.417. The molecular weight excluding hydrogens is 268 g/mol. The van der Waals surface area contributed by atoms with Crippen LogP contribution in [0.4, 0.5) is 0 Å². The van der Waals surface area contributed by atoms with Crippen molar-refractivity contribution < 1.29 is 14.8 Å². The maximum Gasteiger partial charge on any atom is 0.321 e. The lowest BCUT2D eigenvalue weighted by Gasteiger charge is -2.14. The van der Waals surface area contributed by atoms with Crippen molar-refractivity contribution in [2.75, 3.05) is 12.3 Å². The van der Waals surface area contributed by atoms with Crippen LogP contribution in [-0.4, -0.2) is 34.3 Å². The van der Waals surface area contributed by atoms with Gasteiger partial charge in [0, 0.05) is 10.7 Å². The van der Waals surface area contributed by atoms with Crippen molar-refractivity contribution in [3.8, 4) is 0 Å². The summed E-state index contributed by atoms with van der Waals surface area (Å²) >= 11 is 1.20. The number of benzene rings is 1. The maximum absolute atomic E-state index is 10.7. The third kappa shape index (κ3) is 5.27. The van der Waals surface area contributed by atoms with Gasteiger partial charge in [0.25, 0.3) is 0 Å². The summed E-state index contributed by atoms with van der Waals surface area (Å²) in [6.45, 7) is 1.68. The molecule has 0 spiro atoms. The Hall–Kier alpha value is -1.60. The molecule has 0 aliphatic heterocycles. The molecule has 0 saturated heterocycles. The quantitative estimate of drug-likeness (QED) is 0.580. The highest BCUT2D eigenvalue weighted by molar-refractivity contribution is 7.99. The summed E-state index contributed by atoms with van der Waals surface area (Å²) < 4.78 is 0. The van der Waals surface area contributed by atoms with Crippen LogP contribution in [0.2, 0.25) is 0 Å². The zero-order chi connectivity index (χ0) is 14.4. The summed E-state index contributed by atoms with van der Waals surface area (Å²) in [5.74, 6) is -0.960. The fourth-order valence-corrected chi connectivity index (χ4v) is 2.62. The second-order valence-electron chi connectivity index (χ2n) is 4.19. The van der Waals surface area contributed by atoms with Crippen LogP contribution in [0, 0.1) is 17.0 Å². The first-order valence-corrected chi connectivity index (χ1v) is 6.73. The van der Waals surface area contributed by atoms with Gasteiger partial charge < -0.3 is 10.8 Å². The van der Waals surface area contributed by atoms with Crippen LogP contribution < -0.4 is 5.73 Å². The van der Waals surface area contributed by atoms with E-state index in [9.17, 15) is 14.9 Å². The summed E-state index contributed by atoms with van der Waals surface area (Å²) in [6, 6.07) is 6.38. The summed E-state index contributed by atoms with van der Waals surface area (Å²) in [4.78, 5) is 20.9. The lowest BCUT2D eigenvalue weighted by molar-refractivity contribution is -0.479. The van der Waals surface area contributed by atoms with Gasteiger partial charge in [-0.25, -0.2) is 0 Å². The molecule has 19 heavy (non-hydrogen) atoms. The number of nitrogens with two attached hydrogens (primary N) is 1. The number of nitrogens with zero attached hydrogens (tertiary/aromatic N) is 1. The molecule has 0 radical (unpaired) electrons. The van der Waals surface area contributed by atoms with Crippen molar-refractivity contribution in [2.24, 2.45) is 5.73 Å². The van der Waals surface area contributed by atoms with E-state index in [1.165, 1.54) is 11.8 Å². The number of hydrogen-bond acceptors (Lipinski definition) is 5. The van der Waals surface area contributed by atoms with Gasteiger partial charge in [-0.2, -0.15) is 0 Å². The fourth-order valence-electron chi connectivity index (χ4n) is 1.46. The molecule has 2 unspecified atom stereocenters. The zero-order valence-corrected chi connectivity index (χ0v) is 11.3. The van der Waals surface area contributed by atoms with E-state index in [4.69, 9.17) is 10.8 Å². The monoisotopic (exact) mass is 284 g/mol. The van der Waals surface area contributed by atoms with E-state index in [1.54, 1.807) is 0 Å². The third-order valence-corrected chi connectivity index (χ3v) is 3.93. The van der Waals surface area contributed by atoms with E-state index in [2.05, 4.69) is 0 Å². The van der Waals surface area contributed by atoms with Crippen LogP contribution >= 0.6 is 11.8 Å². The van der Waals surface area contributed by atoms with Gasteiger partial charge in [-0.3, -0.25) is 14.9 Å². The molecule has 104 valence electrons. The predicted octanol–water partition coefficient (Wildman–Crippen LogP) is 1.46. The number of carbonyl (C=O) groups is 1. The molecule has 6 nitrogen and oxygen atoms in total. The first kappa shape index (κ1) is 15.5. The van der Waals surface area contributed by atoms with E-state index in [0.717, 1.165) is 11.1 Å². The minimum Gasteiger partial charge on any atom is -0.480 e. The minimum atomic E-state index is -1.10. The average Bonchev–Trinajstić information content (AvgIpc) is 2.34. The Kier molecular flexibility index (Phi) is 5.78. The number of hydrogen-bond donors (Lipinski definition) is 2. The van der Waals surface area contributed by atoms with Crippen molar-refractivity contribution >= 4 is 17.7 Å². The summed E-state index contributed by atoms with van der Waals surface area (Å²) in [6.07, 6.45) is 0. The highest BCUT2D eigenvalue weighted by Gasteiger charge is 2.21. The molecule has 3 N–H and O–H groups in total. The number of aryl methyl sites for hydroxylation is 1. The third-order valence-electron chi connectivity index (χ3n) is 2.56. The molecule has 0 aromatic heterocycles. The summed E-state index contributed by atoms with van der Waals surface area (Å²) in [5.41, 5.74) is 7.28. The summed E-state index contributed by atoms with van der Waals surface area (Å²) in [5, 5.41) is 19.0. The van der Waals surface area contributed by atoms with Gasteiger partial charge in [-0.1, -0.05) is 29.8 Å². The van der Waals surface area contributed by atoms with E-state index in [0.29, 0.717) is 0 Å².